The second kappa shape index (κ2) is 13.7. The largest absolute Gasteiger partial charge is 0.494 e. The van der Waals surface area contributed by atoms with E-state index in [2.05, 4.69) is 26.9 Å². The lowest BCUT2D eigenvalue weighted by Gasteiger charge is -2.13. The summed E-state index contributed by atoms with van der Waals surface area (Å²) in [5.41, 5.74) is 0.0141. The van der Waals surface area contributed by atoms with Crippen LogP contribution in [0.3, 0.4) is 0 Å². The highest BCUT2D eigenvalue weighted by Gasteiger charge is 2.22. The Kier molecular flexibility index (Phi) is 10.4. The predicted octanol–water partition coefficient (Wildman–Crippen LogP) is 2.17. The van der Waals surface area contributed by atoms with Crippen LogP contribution in [0.1, 0.15) is 24.8 Å². The van der Waals surface area contributed by atoms with E-state index in [1.54, 1.807) is 12.3 Å². The fourth-order valence-electron chi connectivity index (χ4n) is 3.37. The molecule has 1 aromatic heterocycles. The normalized spacial score (nSPS) is 12.1. The van der Waals surface area contributed by atoms with Crippen LogP contribution < -0.4 is 19.9 Å². The molecule has 0 unspecified atom stereocenters. The van der Waals surface area contributed by atoms with Gasteiger partial charge in [0.05, 0.1) is 28.9 Å². The first-order valence-electron chi connectivity index (χ1n) is 11.8. The monoisotopic (exact) mass is 572 g/mol. The highest BCUT2D eigenvalue weighted by Crippen LogP contribution is 2.19. The first-order valence-corrected chi connectivity index (χ1v) is 14.8. The molecule has 0 amide bonds. The molecule has 0 aliphatic heterocycles. The van der Waals surface area contributed by atoms with Gasteiger partial charge in [0.2, 0.25) is 20.0 Å². The minimum atomic E-state index is -4.20. The third-order valence-electron chi connectivity index (χ3n) is 5.18. The summed E-state index contributed by atoms with van der Waals surface area (Å²) >= 11 is 0. The Morgan fingerprint density at radius 3 is 2.51 bits per heavy atom. The number of anilines is 1. The van der Waals surface area contributed by atoms with Crippen molar-refractivity contribution >= 4 is 31.8 Å². The first-order chi connectivity index (χ1) is 18.5. The van der Waals surface area contributed by atoms with Crippen LogP contribution in [0.25, 0.3) is 0 Å². The topological polar surface area (TPSA) is 178 Å². The Hall–Kier alpha value is -3.96. The number of rotatable bonds is 13. The van der Waals surface area contributed by atoms with Crippen molar-refractivity contribution < 1.29 is 31.5 Å². The van der Waals surface area contributed by atoms with Crippen molar-refractivity contribution in [2.45, 2.75) is 35.1 Å². The van der Waals surface area contributed by atoms with Crippen LogP contribution in [-0.4, -0.2) is 52.1 Å². The van der Waals surface area contributed by atoms with Crippen molar-refractivity contribution in [1.82, 2.24) is 9.71 Å². The Bertz CT molecular complexity index is 1550. The van der Waals surface area contributed by atoms with Gasteiger partial charge in [-0.15, -0.1) is 0 Å². The first kappa shape index (κ1) is 29.6. The number of pyridine rings is 1. The quantitative estimate of drug-likeness (QED) is 0.176. The highest BCUT2D eigenvalue weighted by molar-refractivity contribution is 7.89. The maximum absolute atomic E-state index is 13.0. The minimum Gasteiger partial charge on any atom is -0.494 e. The van der Waals surface area contributed by atoms with E-state index in [4.69, 9.17) is 9.88 Å². The number of carboxylic acid groups (broad SMARTS) is 1. The highest BCUT2D eigenvalue weighted by atomic mass is 32.2. The second-order valence-corrected chi connectivity index (χ2v) is 11.5. The molecule has 0 aliphatic carbocycles. The van der Waals surface area contributed by atoms with Crippen LogP contribution in [-0.2, 0) is 24.8 Å². The van der Waals surface area contributed by atoms with E-state index in [9.17, 15) is 26.7 Å². The number of hydrogen-bond acceptors (Lipinski definition) is 8. The number of aliphatic carboxylic acids is 1. The van der Waals surface area contributed by atoms with Gasteiger partial charge >= 0.3 is 5.97 Å². The van der Waals surface area contributed by atoms with E-state index < -0.39 is 38.5 Å². The number of unbranched alkanes of at least 4 members (excludes halogenated alkanes) is 1. The smallest absolute Gasteiger partial charge is 0.305 e. The van der Waals surface area contributed by atoms with Crippen molar-refractivity contribution in [2.24, 2.45) is 5.14 Å². The Morgan fingerprint density at radius 2 is 1.79 bits per heavy atom. The molecular formula is C26H28N4O7S2. The zero-order chi connectivity index (χ0) is 28.3. The fraction of sp³-hybridized carbons (Fsp3) is 0.231. The van der Waals surface area contributed by atoms with Crippen molar-refractivity contribution in [1.29, 1.82) is 0 Å². The molecule has 13 heteroatoms. The second-order valence-electron chi connectivity index (χ2n) is 8.25. The molecule has 0 spiro atoms. The molecule has 2 aromatic carbocycles. The van der Waals surface area contributed by atoms with Gasteiger partial charge in [0.25, 0.3) is 0 Å². The third-order valence-corrected chi connectivity index (χ3v) is 7.62. The van der Waals surface area contributed by atoms with Gasteiger partial charge < -0.3 is 15.2 Å². The zero-order valence-electron chi connectivity index (χ0n) is 20.8. The van der Waals surface area contributed by atoms with Crippen LogP contribution >= 0.6 is 0 Å². The summed E-state index contributed by atoms with van der Waals surface area (Å²) in [6.07, 6.45) is 2.56. The van der Waals surface area contributed by atoms with Crippen LogP contribution in [0.5, 0.6) is 5.75 Å². The number of aromatic nitrogens is 1. The molecule has 3 rings (SSSR count). The number of sulfonamides is 2. The summed E-state index contributed by atoms with van der Waals surface area (Å²) in [5, 5.41) is 17.6. The number of benzene rings is 2. The van der Waals surface area contributed by atoms with E-state index in [0.717, 1.165) is 12.2 Å². The van der Waals surface area contributed by atoms with E-state index >= 15 is 0 Å². The Morgan fingerprint density at radius 1 is 1.03 bits per heavy atom. The van der Waals surface area contributed by atoms with E-state index in [0.29, 0.717) is 25.3 Å². The summed E-state index contributed by atoms with van der Waals surface area (Å²) in [5.74, 6) is 4.85. The average Bonchev–Trinajstić information content (AvgIpc) is 2.89. The minimum absolute atomic E-state index is 0.0141. The molecule has 11 nitrogen and oxygen atoms in total. The molecule has 39 heavy (non-hydrogen) atoms. The molecule has 0 fully saturated rings. The number of nitrogens with two attached hydrogens (primary N) is 1. The van der Waals surface area contributed by atoms with Crippen LogP contribution in [0.4, 0.5) is 5.82 Å². The van der Waals surface area contributed by atoms with Crippen LogP contribution in [0.15, 0.2) is 82.7 Å². The number of carbonyl (C=O) groups is 1. The number of nitrogens with zero attached hydrogens (tertiary/aromatic N) is 1. The standard InChI is InChI=1S/C26H28N4O7S2/c27-38(33,34)24-11-2-1-8-20(24)13-14-21(18-26(31)32)30-39(35,36)23-10-7-9-22(19-23)37-17-6-5-16-29-25-12-3-4-15-28-25/h1-4,7-12,15,19,21,30H,5-6,16-18H2,(H,28,29)(H,31,32)(H2,27,33,34)/t21-/m1/s1. The molecule has 5 N–H and O–H groups in total. The summed E-state index contributed by atoms with van der Waals surface area (Å²) in [4.78, 5) is 15.1. The fourth-order valence-corrected chi connectivity index (χ4v) is 5.24. The van der Waals surface area contributed by atoms with Gasteiger partial charge in [-0.3, -0.25) is 4.79 Å². The van der Waals surface area contributed by atoms with Crippen LogP contribution in [0.2, 0.25) is 0 Å². The van der Waals surface area contributed by atoms with Gasteiger partial charge in [0.15, 0.2) is 0 Å². The molecule has 206 valence electrons. The predicted molar refractivity (Wildman–Crippen MR) is 145 cm³/mol. The van der Waals surface area contributed by atoms with Crippen LogP contribution in [0, 0.1) is 11.8 Å². The summed E-state index contributed by atoms with van der Waals surface area (Å²) in [6, 6.07) is 15.6. The number of hydrogen-bond donors (Lipinski definition) is 4. The Balaban J connectivity index is 1.64. The van der Waals surface area contributed by atoms with Gasteiger partial charge in [-0.1, -0.05) is 36.1 Å². The van der Waals surface area contributed by atoms with E-state index in [1.807, 2.05) is 18.2 Å². The third kappa shape index (κ3) is 9.69. The zero-order valence-corrected chi connectivity index (χ0v) is 22.4. The molecule has 0 bridgehead atoms. The maximum Gasteiger partial charge on any atom is 0.305 e. The van der Waals surface area contributed by atoms with Gasteiger partial charge in [-0.2, -0.15) is 4.72 Å². The van der Waals surface area contributed by atoms with Crippen molar-refractivity contribution in [3.05, 3.63) is 78.5 Å². The molecule has 3 aromatic rings. The summed E-state index contributed by atoms with van der Waals surface area (Å²) in [7, 11) is -8.29. The molecular weight excluding hydrogens is 544 g/mol. The average molecular weight is 573 g/mol. The van der Waals surface area contributed by atoms with Gasteiger partial charge in [0, 0.05) is 24.4 Å². The van der Waals surface area contributed by atoms with E-state index in [-0.39, 0.29) is 15.4 Å². The van der Waals surface area contributed by atoms with Crippen molar-refractivity contribution in [3.8, 4) is 17.6 Å². The van der Waals surface area contributed by atoms with Gasteiger partial charge in [-0.05, 0) is 49.2 Å². The number of primary sulfonamides is 1. The molecule has 0 radical (unpaired) electrons. The molecule has 1 heterocycles. The van der Waals surface area contributed by atoms with Gasteiger partial charge in [0.1, 0.15) is 11.6 Å². The lowest BCUT2D eigenvalue weighted by atomic mass is 10.2. The lowest BCUT2D eigenvalue weighted by Crippen LogP contribution is -2.35. The molecule has 0 aliphatic rings. The molecule has 0 saturated heterocycles. The number of ether oxygens (including phenoxy) is 1. The lowest BCUT2D eigenvalue weighted by molar-refractivity contribution is -0.137. The van der Waals surface area contributed by atoms with E-state index in [1.165, 1.54) is 42.5 Å². The summed E-state index contributed by atoms with van der Waals surface area (Å²) < 4.78 is 57.6. The number of carboxylic acids is 1. The van der Waals surface area contributed by atoms with Gasteiger partial charge in [-0.25, -0.2) is 27.0 Å². The molecule has 1 atom stereocenters. The van der Waals surface area contributed by atoms with Crippen molar-refractivity contribution in [2.75, 3.05) is 18.5 Å². The Labute approximate surface area is 227 Å². The summed E-state index contributed by atoms with van der Waals surface area (Å²) in [6.45, 7) is 1.06. The SMILES string of the molecule is NS(=O)(=O)c1ccccc1C#C[C@H](CC(=O)O)NS(=O)(=O)c1cccc(OCCCCNc2ccccn2)c1. The maximum atomic E-state index is 13.0. The van der Waals surface area contributed by atoms with Crippen molar-refractivity contribution in [3.63, 3.8) is 0 Å². The number of nitrogens with one attached hydrogen (secondary N) is 2. The molecule has 0 saturated carbocycles.